The number of thioether (sulfide) groups is 1. The largest absolute Gasteiger partial charge is 0.330 e. The summed E-state index contributed by atoms with van der Waals surface area (Å²) in [7, 11) is 0. The quantitative estimate of drug-likeness (QED) is 0.814. The van der Waals surface area contributed by atoms with Crippen molar-refractivity contribution in [1.29, 1.82) is 0 Å². The molecule has 0 spiro atoms. The van der Waals surface area contributed by atoms with Crippen molar-refractivity contribution >= 4 is 11.8 Å². The Hall–Kier alpha value is 0.310. The third-order valence-electron chi connectivity index (χ3n) is 4.84. The summed E-state index contributed by atoms with van der Waals surface area (Å²) in [5, 5.41) is 1.83. The molecule has 0 radical (unpaired) electrons. The van der Waals surface area contributed by atoms with Crippen LogP contribution in [0.25, 0.3) is 0 Å². The van der Waals surface area contributed by atoms with Gasteiger partial charge < -0.3 is 5.73 Å². The highest BCUT2D eigenvalue weighted by Crippen LogP contribution is 2.42. The fourth-order valence-corrected chi connectivity index (χ4v) is 5.48. The fraction of sp³-hybridized carbons (Fsp3) is 1.00. The molecule has 0 aliphatic heterocycles. The van der Waals surface area contributed by atoms with E-state index in [4.69, 9.17) is 5.73 Å². The topological polar surface area (TPSA) is 26.0 Å². The van der Waals surface area contributed by atoms with E-state index in [1.807, 2.05) is 0 Å². The van der Waals surface area contributed by atoms with E-state index >= 15 is 0 Å². The fourth-order valence-electron chi connectivity index (χ4n) is 3.53. The Labute approximate surface area is 111 Å². The SMILES string of the molecule is CCC1CCC(CN)C(SC2CCCCC2)C1. The minimum atomic E-state index is 0.810. The highest BCUT2D eigenvalue weighted by Gasteiger charge is 2.31. The van der Waals surface area contributed by atoms with Gasteiger partial charge in [-0.3, -0.25) is 0 Å². The molecule has 2 N–H and O–H groups in total. The summed E-state index contributed by atoms with van der Waals surface area (Å²) in [5.74, 6) is 1.80. The van der Waals surface area contributed by atoms with Crippen molar-refractivity contribution < 1.29 is 0 Å². The summed E-state index contributed by atoms with van der Waals surface area (Å²) >= 11 is 2.31. The molecule has 2 heteroatoms. The lowest BCUT2D eigenvalue weighted by atomic mass is 9.80. The van der Waals surface area contributed by atoms with E-state index in [0.717, 1.165) is 28.9 Å². The molecule has 0 aromatic carbocycles. The molecule has 2 fully saturated rings. The maximum absolute atomic E-state index is 5.97. The molecule has 17 heavy (non-hydrogen) atoms. The van der Waals surface area contributed by atoms with E-state index in [2.05, 4.69) is 18.7 Å². The number of hydrogen-bond donors (Lipinski definition) is 1. The van der Waals surface area contributed by atoms with Gasteiger partial charge in [0.2, 0.25) is 0 Å². The van der Waals surface area contributed by atoms with Gasteiger partial charge in [0.25, 0.3) is 0 Å². The number of hydrogen-bond acceptors (Lipinski definition) is 2. The van der Waals surface area contributed by atoms with Crippen molar-refractivity contribution in [2.24, 2.45) is 17.6 Å². The summed E-state index contributed by atoms with van der Waals surface area (Å²) in [5.41, 5.74) is 5.97. The lowest BCUT2D eigenvalue weighted by Gasteiger charge is -2.37. The van der Waals surface area contributed by atoms with Gasteiger partial charge in [-0.25, -0.2) is 0 Å². The highest BCUT2D eigenvalue weighted by atomic mass is 32.2. The van der Waals surface area contributed by atoms with Crippen LogP contribution in [-0.2, 0) is 0 Å². The van der Waals surface area contributed by atoms with Crippen molar-refractivity contribution in [2.75, 3.05) is 6.54 Å². The standard InChI is InChI=1S/C15H29NS/c1-2-12-8-9-13(11-16)15(10-12)17-14-6-4-3-5-7-14/h12-15H,2-11,16H2,1H3. The molecular weight excluding hydrogens is 226 g/mol. The first-order valence-electron chi connectivity index (χ1n) is 7.69. The van der Waals surface area contributed by atoms with Crippen LogP contribution < -0.4 is 5.73 Å². The first-order chi connectivity index (χ1) is 8.33. The smallest absolute Gasteiger partial charge is 0.00927 e. The van der Waals surface area contributed by atoms with E-state index in [1.54, 1.807) is 0 Å². The zero-order valence-corrected chi connectivity index (χ0v) is 12.2. The van der Waals surface area contributed by atoms with E-state index in [-0.39, 0.29) is 0 Å². The van der Waals surface area contributed by atoms with Gasteiger partial charge in [-0.1, -0.05) is 39.0 Å². The molecule has 3 atom stereocenters. The van der Waals surface area contributed by atoms with Gasteiger partial charge in [-0.05, 0) is 44.1 Å². The van der Waals surface area contributed by atoms with Crippen molar-refractivity contribution in [2.45, 2.75) is 75.2 Å². The summed E-state index contributed by atoms with van der Waals surface area (Å²) in [6, 6.07) is 0. The van der Waals surface area contributed by atoms with Gasteiger partial charge in [0.15, 0.2) is 0 Å². The van der Waals surface area contributed by atoms with Crippen LogP contribution in [0.4, 0.5) is 0 Å². The highest BCUT2D eigenvalue weighted by molar-refractivity contribution is 8.00. The Balaban J connectivity index is 1.85. The molecular formula is C15H29NS. The average Bonchev–Trinajstić information content (AvgIpc) is 2.40. The molecule has 100 valence electrons. The molecule has 0 aromatic rings. The first kappa shape index (κ1) is 13.7. The predicted octanol–water partition coefficient (Wildman–Crippen LogP) is 4.21. The van der Waals surface area contributed by atoms with Gasteiger partial charge >= 0.3 is 0 Å². The minimum absolute atomic E-state index is 0.810. The molecule has 2 saturated carbocycles. The lowest BCUT2D eigenvalue weighted by Crippen LogP contribution is -2.34. The summed E-state index contributed by atoms with van der Waals surface area (Å²) in [6.07, 6.45) is 13.0. The second-order valence-electron chi connectivity index (χ2n) is 6.02. The Morgan fingerprint density at radius 2 is 1.82 bits per heavy atom. The van der Waals surface area contributed by atoms with Crippen LogP contribution in [0.5, 0.6) is 0 Å². The van der Waals surface area contributed by atoms with Crippen molar-refractivity contribution in [1.82, 2.24) is 0 Å². The molecule has 2 aliphatic carbocycles. The van der Waals surface area contributed by atoms with Gasteiger partial charge in [-0.2, -0.15) is 11.8 Å². The van der Waals surface area contributed by atoms with Crippen LogP contribution >= 0.6 is 11.8 Å². The van der Waals surface area contributed by atoms with Crippen LogP contribution in [0, 0.1) is 11.8 Å². The lowest BCUT2D eigenvalue weighted by molar-refractivity contribution is 0.282. The van der Waals surface area contributed by atoms with Gasteiger partial charge in [-0.15, -0.1) is 0 Å². The summed E-state index contributed by atoms with van der Waals surface area (Å²) < 4.78 is 0. The molecule has 0 saturated heterocycles. The Morgan fingerprint density at radius 1 is 1.06 bits per heavy atom. The first-order valence-corrected chi connectivity index (χ1v) is 8.63. The molecule has 3 unspecified atom stereocenters. The Morgan fingerprint density at radius 3 is 2.47 bits per heavy atom. The Bertz CT molecular complexity index is 213. The van der Waals surface area contributed by atoms with Crippen LogP contribution in [0.1, 0.15) is 64.7 Å². The normalized spacial score (nSPS) is 36.0. The molecule has 0 bridgehead atoms. The molecule has 2 rings (SSSR count). The van der Waals surface area contributed by atoms with E-state index in [1.165, 1.54) is 57.8 Å². The van der Waals surface area contributed by atoms with Crippen LogP contribution in [0.15, 0.2) is 0 Å². The molecule has 1 nitrogen and oxygen atoms in total. The average molecular weight is 255 g/mol. The summed E-state index contributed by atoms with van der Waals surface area (Å²) in [4.78, 5) is 0. The third kappa shape index (κ3) is 3.89. The maximum atomic E-state index is 5.97. The number of nitrogens with two attached hydrogens (primary N) is 1. The van der Waals surface area contributed by atoms with Crippen molar-refractivity contribution in [3.05, 3.63) is 0 Å². The second-order valence-corrected chi connectivity index (χ2v) is 7.56. The zero-order valence-electron chi connectivity index (χ0n) is 11.4. The van der Waals surface area contributed by atoms with Crippen LogP contribution in [-0.4, -0.2) is 17.0 Å². The molecule has 0 amide bonds. The molecule has 2 aliphatic rings. The minimum Gasteiger partial charge on any atom is -0.330 e. The molecule has 0 heterocycles. The zero-order chi connectivity index (χ0) is 12.1. The van der Waals surface area contributed by atoms with Crippen molar-refractivity contribution in [3.63, 3.8) is 0 Å². The van der Waals surface area contributed by atoms with Crippen LogP contribution in [0.3, 0.4) is 0 Å². The second kappa shape index (κ2) is 7.04. The third-order valence-corrected chi connectivity index (χ3v) is 6.62. The Kier molecular flexibility index (Phi) is 5.68. The number of rotatable bonds is 4. The van der Waals surface area contributed by atoms with Crippen LogP contribution in [0.2, 0.25) is 0 Å². The van der Waals surface area contributed by atoms with Crippen molar-refractivity contribution in [3.8, 4) is 0 Å². The van der Waals surface area contributed by atoms with Gasteiger partial charge in [0.1, 0.15) is 0 Å². The van der Waals surface area contributed by atoms with E-state index in [0.29, 0.717) is 0 Å². The van der Waals surface area contributed by atoms with Gasteiger partial charge in [0, 0.05) is 10.5 Å². The van der Waals surface area contributed by atoms with E-state index in [9.17, 15) is 0 Å². The summed E-state index contributed by atoms with van der Waals surface area (Å²) in [6.45, 7) is 3.27. The van der Waals surface area contributed by atoms with E-state index < -0.39 is 0 Å². The monoisotopic (exact) mass is 255 g/mol. The molecule has 0 aromatic heterocycles. The van der Waals surface area contributed by atoms with Gasteiger partial charge in [0.05, 0.1) is 0 Å². The predicted molar refractivity (Wildman–Crippen MR) is 78.4 cm³/mol. The maximum Gasteiger partial charge on any atom is 0.00927 e.